The number of esters is 1. The largest absolute Gasteiger partial charge is 0.461 e. The number of hydrogen-bond donors (Lipinski definition) is 1. The van der Waals surface area contributed by atoms with Gasteiger partial charge in [-0.2, -0.15) is 0 Å². The molecule has 118 valence electrons. The molecule has 4 heteroatoms. The lowest BCUT2D eigenvalue weighted by molar-refractivity contribution is -0.145. The number of carbonyl (C=O) groups is 2. The van der Waals surface area contributed by atoms with Crippen molar-refractivity contribution in [1.82, 2.24) is 5.32 Å². The molecule has 0 unspecified atom stereocenters. The minimum atomic E-state index is -0.185. The monoisotopic (exact) mass is 309 g/mol. The summed E-state index contributed by atoms with van der Waals surface area (Å²) in [4.78, 5) is 23.4. The Bertz CT molecular complexity index is 710. The summed E-state index contributed by atoms with van der Waals surface area (Å²) in [6.45, 7) is 0.904. The molecule has 3 rings (SSSR count). The van der Waals surface area contributed by atoms with Crippen molar-refractivity contribution in [3.63, 3.8) is 0 Å². The molecule has 0 aromatic heterocycles. The molecule has 23 heavy (non-hydrogen) atoms. The van der Waals surface area contributed by atoms with E-state index in [0.29, 0.717) is 19.6 Å². The van der Waals surface area contributed by atoms with Gasteiger partial charge in [-0.05, 0) is 35.6 Å². The Morgan fingerprint density at radius 1 is 1.09 bits per heavy atom. The molecule has 1 heterocycles. The van der Waals surface area contributed by atoms with Crippen LogP contribution >= 0.6 is 0 Å². The van der Waals surface area contributed by atoms with E-state index < -0.39 is 0 Å². The Hall–Kier alpha value is -2.62. The van der Waals surface area contributed by atoms with Crippen LogP contribution in [0.15, 0.2) is 48.5 Å². The maximum Gasteiger partial charge on any atom is 0.306 e. The van der Waals surface area contributed by atoms with Gasteiger partial charge in [0.05, 0.1) is 0 Å². The first-order valence-electron chi connectivity index (χ1n) is 7.82. The Balaban J connectivity index is 1.47. The van der Waals surface area contributed by atoms with E-state index in [1.54, 1.807) is 0 Å². The minimum Gasteiger partial charge on any atom is -0.461 e. The summed E-state index contributed by atoms with van der Waals surface area (Å²) in [5.74, 6) is -0.195. The summed E-state index contributed by atoms with van der Waals surface area (Å²) in [6, 6.07) is 15.4. The maximum atomic E-state index is 11.8. The van der Waals surface area contributed by atoms with Crippen molar-refractivity contribution in [2.75, 3.05) is 0 Å². The van der Waals surface area contributed by atoms with Crippen LogP contribution in [0.1, 0.15) is 39.9 Å². The molecule has 0 fully saturated rings. The molecule has 2 aromatic carbocycles. The summed E-state index contributed by atoms with van der Waals surface area (Å²) in [5.41, 5.74) is 3.95. The van der Waals surface area contributed by atoms with Gasteiger partial charge in [0, 0.05) is 18.5 Å². The van der Waals surface area contributed by atoms with E-state index in [-0.39, 0.29) is 11.9 Å². The summed E-state index contributed by atoms with van der Waals surface area (Å²) in [5, 5.41) is 2.83. The van der Waals surface area contributed by atoms with Crippen molar-refractivity contribution in [3.8, 4) is 0 Å². The average molecular weight is 309 g/mol. The molecule has 0 saturated heterocycles. The second-order valence-electron chi connectivity index (χ2n) is 5.63. The Morgan fingerprint density at radius 3 is 2.74 bits per heavy atom. The first kappa shape index (κ1) is 15.3. The highest BCUT2D eigenvalue weighted by Crippen LogP contribution is 2.21. The molecule has 1 N–H and O–H groups in total. The van der Waals surface area contributed by atoms with Crippen LogP contribution in [-0.2, 0) is 29.1 Å². The summed E-state index contributed by atoms with van der Waals surface area (Å²) in [7, 11) is 0. The molecule has 1 amide bonds. The minimum absolute atomic E-state index is 0.0101. The van der Waals surface area contributed by atoms with Gasteiger partial charge in [-0.25, -0.2) is 0 Å². The average Bonchev–Trinajstić information content (AvgIpc) is 2.96. The molecular weight excluding hydrogens is 290 g/mol. The SMILES string of the molecule is O=C(CCCc1cccc2c1CNC2=O)OCc1ccccc1. The van der Waals surface area contributed by atoms with Crippen molar-refractivity contribution in [2.45, 2.75) is 32.4 Å². The third-order valence-corrected chi connectivity index (χ3v) is 4.01. The van der Waals surface area contributed by atoms with Crippen molar-refractivity contribution in [2.24, 2.45) is 0 Å². The first-order chi connectivity index (χ1) is 11.2. The lowest BCUT2D eigenvalue weighted by Crippen LogP contribution is -2.12. The standard InChI is InChI=1S/C19H19NO3/c21-18(23-13-14-6-2-1-3-7-14)11-5-9-15-8-4-10-16-17(15)12-20-19(16)22/h1-4,6-8,10H,5,9,11-13H2,(H,20,22). The van der Waals surface area contributed by atoms with Crippen LogP contribution in [-0.4, -0.2) is 11.9 Å². The summed E-state index contributed by atoms with van der Waals surface area (Å²) < 4.78 is 5.27. The predicted octanol–water partition coefficient (Wildman–Crippen LogP) is 3.00. The zero-order valence-electron chi connectivity index (χ0n) is 12.9. The normalized spacial score (nSPS) is 12.6. The molecule has 0 spiro atoms. The zero-order valence-corrected chi connectivity index (χ0v) is 12.9. The van der Waals surface area contributed by atoms with E-state index in [9.17, 15) is 9.59 Å². The van der Waals surface area contributed by atoms with E-state index in [1.165, 1.54) is 0 Å². The van der Waals surface area contributed by atoms with E-state index in [0.717, 1.165) is 35.1 Å². The predicted molar refractivity (Wildman–Crippen MR) is 86.8 cm³/mol. The zero-order chi connectivity index (χ0) is 16.1. The number of carbonyl (C=O) groups excluding carboxylic acids is 2. The highest BCUT2D eigenvalue weighted by Gasteiger charge is 2.20. The number of benzene rings is 2. The lowest BCUT2D eigenvalue weighted by atomic mass is 9.99. The molecule has 0 radical (unpaired) electrons. The van der Waals surface area contributed by atoms with Crippen molar-refractivity contribution < 1.29 is 14.3 Å². The quantitative estimate of drug-likeness (QED) is 0.835. The fourth-order valence-corrected chi connectivity index (χ4v) is 2.79. The van der Waals surface area contributed by atoms with Crippen LogP contribution in [0.4, 0.5) is 0 Å². The first-order valence-corrected chi connectivity index (χ1v) is 7.82. The van der Waals surface area contributed by atoms with E-state index in [4.69, 9.17) is 4.74 Å². The second-order valence-corrected chi connectivity index (χ2v) is 5.63. The van der Waals surface area contributed by atoms with Gasteiger partial charge in [-0.15, -0.1) is 0 Å². The number of rotatable bonds is 6. The van der Waals surface area contributed by atoms with Gasteiger partial charge >= 0.3 is 5.97 Å². The smallest absolute Gasteiger partial charge is 0.306 e. The fraction of sp³-hybridized carbons (Fsp3) is 0.263. The van der Waals surface area contributed by atoms with E-state index in [1.807, 2.05) is 48.5 Å². The Morgan fingerprint density at radius 2 is 1.91 bits per heavy atom. The maximum absolute atomic E-state index is 11.8. The number of ether oxygens (including phenoxy) is 1. The Kier molecular flexibility index (Phi) is 4.71. The number of amides is 1. The van der Waals surface area contributed by atoms with Gasteiger partial charge in [-0.1, -0.05) is 42.5 Å². The summed E-state index contributed by atoms with van der Waals surface area (Å²) >= 11 is 0. The van der Waals surface area contributed by atoms with Gasteiger partial charge in [0.25, 0.3) is 5.91 Å². The number of nitrogens with one attached hydrogen (secondary N) is 1. The highest BCUT2D eigenvalue weighted by molar-refractivity contribution is 5.98. The van der Waals surface area contributed by atoms with Crippen LogP contribution in [0, 0.1) is 0 Å². The lowest BCUT2D eigenvalue weighted by Gasteiger charge is -2.07. The van der Waals surface area contributed by atoms with Crippen molar-refractivity contribution >= 4 is 11.9 Å². The van der Waals surface area contributed by atoms with Gasteiger partial charge < -0.3 is 10.1 Å². The number of aryl methyl sites for hydroxylation is 1. The van der Waals surface area contributed by atoms with Crippen LogP contribution in [0.3, 0.4) is 0 Å². The molecule has 1 aliphatic heterocycles. The van der Waals surface area contributed by atoms with Crippen molar-refractivity contribution in [3.05, 3.63) is 70.8 Å². The molecular formula is C19H19NO3. The molecule has 0 aliphatic carbocycles. The Labute approximate surface area is 135 Å². The molecule has 1 aliphatic rings. The number of fused-ring (bicyclic) bond motifs is 1. The molecule has 0 saturated carbocycles. The van der Waals surface area contributed by atoms with Crippen LogP contribution in [0.25, 0.3) is 0 Å². The van der Waals surface area contributed by atoms with E-state index in [2.05, 4.69) is 5.32 Å². The van der Waals surface area contributed by atoms with Crippen LogP contribution in [0.2, 0.25) is 0 Å². The van der Waals surface area contributed by atoms with Crippen LogP contribution in [0.5, 0.6) is 0 Å². The van der Waals surface area contributed by atoms with E-state index >= 15 is 0 Å². The third kappa shape index (κ3) is 3.77. The van der Waals surface area contributed by atoms with Crippen molar-refractivity contribution in [1.29, 1.82) is 0 Å². The van der Waals surface area contributed by atoms with Gasteiger partial charge in [0.2, 0.25) is 0 Å². The van der Waals surface area contributed by atoms with Gasteiger partial charge in [-0.3, -0.25) is 9.59 Å². The highest BCUT2D eigenvalue weighted by atomic mass is 16.5. The molecule has 4 nitrogen and oxygen atoms in total. The van der Waals surface area contributed by atoms with Gasteiger partial charge in [0.15, 0.2) is 0 Å². The fourth-order valence-electron chi connectivity index (χ4n) is 2.79. The third-order valence-electron chi connectivity index (χ3n) is 4.01. The molecule has 0 bridgehead atoms. The molecule has 2 aromatic rings. The topological polar surface area (TPSA) is 55.4 Å². The summed E-state index contributed by atoms with van der Waals surface area (Å²) in [6.07, 6.45) is 1.88. The second kappa shape index (κ2) is 7.09. The van der Waals surface area contributed by atoms with Gasteiger partial charge in [0.1, 0.15) is 6.61 Å². The number of hydrogen-bond acceptors (Lipinski definition) is 3. The molecule has 0 atom stereocenters. The van der Waals surface area contributed by atoms with Crippen LogP contribution < -0.4 is 5.32 Å².